The summed E-state index contributed by atoms with van der Waals surface area (Å²) < 4.78 is 5.94. The number of hydrogen-bond donors (Lipinski definition) is 5. The van der Waals surface area contributed by atoms with Gasteiger partial charge in [-0.05, 0) is 62.2 Å². The number of aliphatic carboxylic acids is 1. The highest BCUT2D eigenvalue weighted by molar-refractivity contribution is 6.08. The van der Waals surface area contributed by atoms with Gasteiger partial charge in [0.25, 0.3) is 5.91 Å². The van der Waals surface area contributed by atoms with Crippen molar-refractivity contribution in [2.45, 2.75) is 51.0 Å². The standard InChI is InChI=1S/C27H35N5O5/c28-14-11-21(29)22-6-5-7-24(30-22)27(36)31-23-10-9-20(37-17-4-2-1-3-8-26(34)35)18-25(23)32-15-12-19(33)13-16-32/h5-7,9-11,14,18-19,29,33H,1-4,8,12-13,15-17,28H2,(H,31,36)(H,34,35). The molecule has 0 unspecified atom stereocenters. The molecule has 198 valence electrons. The lowest BCUT2D eigenvalue weighted by Gasteiger charge is -2.33. The number of rotatable bonds is 13. The topological polar surface area (TPSA) is 162 Å². The second-order valence-electron chi connectivity index (χ2n) is 8.94. The Balaban J connectivity index is 1.70. The van der Waals surface area contributed by atoms with Gasteiger partial charge in [0.15, 0.2) is 0 Å². The molecule has 1 saturated heterocycles. The van der Waals surface area contributed by atoms with Gasteiger partial charge in [0.1, 0.15) is 11.4 Å². The van der Waals surface area contributed by atoms with Gasteiger partial charge in [-0.25, -0.2) is 4.98 Å². The largest absolute Gasteiger partial charge is 0.494 e. The number of anilines is 2. The molecule has 0 spiro atoms. The van der Waals surface area contributed by atoms with Gasteiger partial charge in [0.05, 0.1) is 35.5 Å². The molecule has 37 heavy (non-hydrogen) atoms. The van der Waals surface area contributed by atoms with Crippen molar-refractivity contribution in [3.05, 3.63) is 60.1 Å². The molecular weight excluding hydrogens is 474 g/mol. The normalized spacial score (nSPS) is 14.0. The molecule has 0 saturated carbocycles. The number of piperidine rings is 1. The summed E-state index contributed by atoms with van der Waals surface area (Å²) in [5.74, 6) is -0.501. The fraction of sp³-hybridized carbons (Fsp3) is 0.407. The van der Waals surface area contributed by atoms with Crippen LogP contribution < -0.4 is 20.7 Å². The molecule has 0 aliphatic carbocycles. The van der Waals surface area contributed by atoms with E-state index in [0.29, 0.717) is 56.1 Å². The molecule has 3 rings (SSSR count). The molecule has 10 nitrogen and oxygen atoms in total. The Morgan fingerprint density at radius 1 is 1.14 bits per heavy atom. The first-order valence-electron chi connectivity index (χ1n) is 12.5. The van der Waals surface area contributed by atoms with Gasteiger partial charge < -0.3 is 30.9 Å². The van der Waals surface area contributed by atoms with Crippen molar-refractivity contribution >= 4 is 29.0 Å². The minimum Gasteiger partial charge on any atom is -0.494 e. The van der Waals surface area contributed by atoms with E-state index in [1.54, 1.807) is 30.3 Å². The number of carbonyl (C=O) groups is 2. The summed E-state index contributed by atoms with van der Waals surface area (Å²) in [6.45, 7) is 1.80. The third kappa shape index (κ3) is 8.60. The first-order chi connectivity index (χ1) is 17.9. The number of benzene rings is 1. The maximum absolute atomic E-state index is 13.0. The number of hydrogen-bond acceptors (Lipinski definition) is 8. The van der Waals surface area contributed by atoms with Crippen LogP contribution in [0.15, 0.2) is 48.7 Å². The number of aliphatic hydroxyl groups is 1. The van der Waals surface area contributed by atoms with Crippen molar-refractivity contribution in [2.24, 2.45) is 5.73 Å². The number of carboxylic acids is 1. The van der Waals surface area contributed by atoms with Gasteiger partial charge in [-0.15, -0.1) is 0 Å². The zero-order valence-corrected chi connectivity index (χ0v) is 20.9. The molecule has 1 aromatic heterocycles. The van der Waals surface area contributed by atoms with Crippen LogP contribution in [0.3, 0.4) is 0 Å². The molecule has 1 fully saturated rings. The molecule has 0 radical (unpaired) electrons. The van der Waals surface area contributed by atoms with Crippen LogP contribution in [0, 0.1) is 5.41 Å². The second kappa shape index (κ2) is 14.0. The number of nitrogens with zero attached hydrogens (tertiary/aromatic N) is 2. The quantitative estimate of drug-likeness (QED) is 0.202. The Kier molecular flexibility index (Phi) is 10.5. The van der Waals surface area contributed by atoms with Crippen molar-refractivity contribution < 1.29 is 24.5 Å². The van der Waals surface area contributed by atoms with E-state index >= 15 is 0 Å². The third-order valence-corrected chi connectivity index (χ3v) is 6.10. The molecular formula is C27H35N5O5. The predicted molar refractivity (Wildman–Crippen MR) is 142 cm³/mol. The molecule has 1 aliphatic heterocycles. The van der Waals surface area contributed by atoms with Crippen LogP contribution in [0.5, 0.6) is 5.75 Å². The second-order valence-corrected chi connectivity index (χ2v) is 8.94. The lowest BCUT2D eigenvalue weighted by atomic mass is 10.1. The highest BCUT2D eigenvalue weighted by atomic mass is 16.5. The van der Waals surface area contributed by atoms with E-state index < -0.39 is 11.9 Å². The van der Waals surface area contributed by atoms with Gasteiger partial charge in [0.2, 0.25) is 0 Å². The predicted octanol–water partition coefficient (Wildman–Crippen LogP) is 3.55. The molecule has 2 aromatic rings. The molecule has 6 N–H and O–H groups in total. The molecule has 1 aliphatic rings. The summed E-state index contributed by atoms with van der Waals surface area (Å²) in [5.41, 5.74) is 7.39. The van der Waals surface area contributed by atoms with E-state index in [4.69, 9.17) is 21.0 Å². The lowest BCUT2D eigenvalue weighted by Crippen LogP contribution is -2.36. The number of aromatic nitrogens is 1. The summed E-state index contributed by atoms with van der Waals surface area (Å²) in [5, 5.41) is 29.6. The average Bonchev–Trinajstić information content (AvgIpc) is 2.89. The first-order valence-corrected chi connectivity index (χ1v) is 12.5. The van der Waals surface area contributed by atoms with Crippen LogP contribution >= 0.6 is 0 Å². The van der Waals surface area contributed by atoms with Gasteiger partial charge >= 0.3 is 5.97 Å². The number of ether oxygens (including phenoxy) is 1. The van der Waals surface area contributed by atoms with Crippen molar-refractivity contribution in [3.8, 4) is 5.75 Å². The summed E-state index contributed by atoms with van der Waals surface area (Å²) >= 11 is 0. The molecule has 1 amide bonds. The summed E-state index contributed by atoms with van der Waals surface area (Å²) in [4.78, 5) is 30.1. The summed E-state index contributed by atoms with van der Waals surface area (Å²) in [7, 11) is 0. The maximum Gasteiger partial charge on any atom is 0.303 e. The highest BCUT2D eigenvalue weighted by Gasteiger charge is 2.21. The van der Waals surface area contributed by atoms with Crippen LogP contribution in [-0.2, 0) is 4.79 Å². The number of nitrogens with one attached hydrogen (secondary N) is 2. The summed E-state index contributed by atoms with van der Waals surface area (Å²) in [6.07, 6.45) is 7.00. The lowest BCUT2D eigenvalue weighted by molar-refractivity contribution is -0.137. The Bertz CT molecular complexity index is 1110. The molecule has 0 bridgehead atoms. The number of aliphatic hydroxyl groups excluding tert-OH is 1. The van der Waals surface area contributed by atoms with Gasteiger partial charge in [-0.2, -0.15) is 0 Å². The minimum absolute atomic E-state index is 0.105. The average molecular weight is 510 g/mol. The maximum atomic E-state index is 13.0. The van der Waals surface area contributed by atoms with E-state index in [-0.39, 0.29) is 23.9 Å². The number of nitrogens with two attached hydrogens (primary N) is 1. The van der Waals surface area contributed by atoms with E-state index in [0.717, 1.165) is 24.9 Å². The Hall–Kier alpha value is -3.92. The highest BCUT2D eigenvalue weighted by Crippen LogP contribution is 2.33. The zero-order chi connectivity index (χ0) is 26.6. The van der Waals surface area contributed by atoms with Crippen LogP contribution in [0.25, 0.3) is 0 Å². The third-order valence-electron chi connectivity index (χ3n) is 6.10. The number of allylic oxidation sites excluding steroid dienone is 1. The number of carboxylic acid groups (broad SMARTS) is 1. The van der Waals surface area contributed by atoms with E-state index in [1.807, 2.05) is 6.07 Å². The molecule has 0 atom stereocenters. The van der Waals surface area contributed by atoms with Crippen molar-refractivity contribution in [1.29, 1.82) is 5.41 Å². The molecule has 2 heterocycles. The van der Waals surface area contributed by atoms with Crippen LogP contribution in [0.4, 0.5) is 11.4 Å². The number of unbranched alkanes of at least 4 members (excludes halogenated alkanes) is 3. The number of carbonyl (C=O) groups excluding carboxylic acids is 1. The molecule has 10 heteroatoms. The van der Waals surface area contributed by atoms with E-state index in [2.05, 4.69) is 15.2 Å². The van der Waals surface area contributed by atoms with Crippen LogP contribution in [0.1, 0.15) is 61.1 Å². The van der Waals surface area contributed by atoms with E-state index in [1.165, 1.54) is 12.3 Å². The fourth-order valence-corrected chi connectivity index (χ4v) is 4.08. The Morgan fingerprint density at radius 2 is 1.86 bits per heavy atom. The van der Waals surface area contributed by atoms with Crippen molar-refractivity contribution in [2.75, 3.05) is 29.9 Å². The fourth-order valence-electron chi connectivity index (χ4n) is 4.08. The minimum atomic E-state index is -0.770. The Morgan fingerprint density at radius 3 is 2.59 bits per heavy atom. The van der Waals surface area contributed by atoms with Gasteiger partial charge in [0, 0.05) is 25.6 Å². The van der Waals surface area contributed by atoms with Gasteiger partial charge in [-0.3, -0.25) is 15.0 Å². The smallest absolute Gasteiger partial charge is 0.303 e. The SMILES string of the molecule is N=C(C=CN)c1cccc(C(=O)Nc2ccc(OCCCCCCC(=O)O)cc2N2CCC(O)CC2)n1. The monoisotopic (exact) mass is 509 g/mol. The van der Waals surface area contributed by atoms with Gasteiger partial charge in [-0.1, -0.05) is 18.9 Å². The molecule has 1 aromatic carbocycles. The van der Waals surface area contributed by atoms with Crippen molar-refractivity contribution in [3.63, 3.8) is 0 Å². The number of amides is 1. The van der Waals surface area contributed by atoms with Crippen LogP contribution in [0.2, 0.25) is 0 Å². The van der Waals surface area contributed by atoms with Crippen molar-refractivity contribution in [1.82, 2.24) is 4.98 Å². The first kappa shape index (κ1) is 27.7. The van der Waals surface area contributed by atoms with E-state index in [9.17, 15) is 14.7 Å². The van der Waals surface area contributed by atoms with Crippen LogP contribution in [-0.4, -0.2) is 58.6 Å². The number of pyridine rings is 1. The zero-order valence-electron chi connectivity index (χ0n) is 20.9. The Labute approximate surface area is 216 Å². The summed E-state index contributed by atoms with van der Waals surface area (Å²) in [6, 6.07) is 10.4.